The van der Waals surface area contributed by atoms with Gasteiger partial charge in [0, 0.05) is 12.6 Å². The van der Waals surface area contributed by atoms with Crippen molar-refractivity contribution in [1.29, 1.82) is 0 Å². The van der Waals surface area contributed by atoms with Gasteiger partial charge in [0.25, 0.3) is 0 Å². The molecule has 2 rings (SSSR count). The Morgan fingerprint density at radius 2 is 2.26 bits per heavy atom. The second-order valence-corrected chi connectivity index (χ2v) is 6.26. The zero-order valence-electron chi connectivity index (χ0n) is 14.1. The van der Waals surface area contributed by atoms with E-state index in [2.05, 4.69) is 10.2 Å². The lowest BCUT2D eigenvalue weighted by Crippen LogP contribution is -2.41. The van der Waals surface area contributed by atoms with Gasteiger partial charge in [-0.3, -0.25) is 9.69 Å². The molecule has 1 aromatic rings. The molecule has 2 unspecified atom stereocenters. The molecule has 128 valence electrons. The maximum Gasteiger partial charge on any atom is 0.234 e. The zero-order chi connectivity index (χ0) is 16.7. The second-order valence-electron chi connectivity index (χ2n) is 6.26. The molecule has 2 N–H and O–H groups in total. The van der Waals surface area contributed by atoms with Crippen molar-refractivity contribution in [3.8, 4) is 5.75 Å². The van der Waals surface area contributed by atoms with Crippen molar-refractivity contribution in [2.75, 3.05) is 26.7 Å². The fourth-order valence-corrected chi connectivity index (χ4v) is 3.25. The van der Waals surface area contributed by atoms with Crippen molar-refractivity contribution < 1.29 is 14.6 Å². The Labute approximate surface area is 138 Å². The third-order valence-electron chi connectivity index (χ3n) is 4.37. The number of likely N-dealkylation sites (tertiary alicyclic amines) is 1. The van der Waals surface area contributed by atoms with Crippen molar-refractivity contribution in [3.63, 3.8) is 0 Å². The fraction of sp³-hybridized carbons (Fsp3) is 0.611. The molecule has 0 bridgehead atoms. The van der Waals surface area contributed by atoms with Crippen LogP contribution < -0.4 is 10.1 Å². The summed E-state index contributed by atoms with van der Waals surface area (Å²) in [6.07, 6.45) is 3.36. The molecule has 0 aromatic heterocycles. The lowest BCUT2D eigenvalue weighted by Gasteiger charge is -2.24. The van der Waals surface area contributed by atoms with E-state index in [1.165, 1.54) is 0 Å². The summed E-state index contributed by atoms with van der Waals surface area (Å²) in [4.78, 5) is 14.3. The number of nitrogens with one attached hydrogen (secondary N) is 1. The molecule has 1 heterocycles. The molecule has 0 radical (unpaired) electrons. The van der Waals surface area contributed by atoms with Crippen LogP contribution in [0.25, 0.3) is 0 Å². The number of amides is 1. The molecule has 1 fully saturated rings. The van der Waals surface area contributed by atoms with Gasteiger partial charge < -0.3 is 15.2 Å². The first-order valence-corrected chi connectivity index (χ1v) is 8.41. The molecule has 0 spiro atoms. The van der Waals surface area contributed by atoms with Crippen molar-refractivity contribution >= 4 is 5.91 Å². The fourth-order valence-electron chi connectivity index (χ4n) is 3.25. The number of carbonyl (C=O) groups excluding carboxylic acids is 1. The Morgan fingerprint density at radius 1 is 1.48 bits per heavy atom. The smallest absolute Gasteiger partial charge is 0.234 e. The van der Waals surface area contributed by atoms with Gasteiger partial charge in [0.2, 0.25) is 5.91 Å². The predicted molar refractivity (Wildman–Crippen MR) is 90.6 cm³/mol. The number of nitrogens with zero attached hydrogens (tertiary/aromatic N) is 1. The van der Waals surface area contributed by atoms with Gasteiger partial charge in [-0.25, -0.2) is 0 Å². The molecule has 1 aromatic carbocycles. The first kappa shape index (κ1) is 17.8. The van der Waals surface area contributed by atoms with Crippen LogP contribution in [0.3, 0.4) is 0 Å². The summed E-state index contributed by atoms with van der Waals surface area (Å²) < 4.78 is 5.32. The zero-order valence-corrected chi connectivity index (χ0v) is 14.1. The number of benzene rings is 1. The molecule has 1 amide bonds. The minimum atomic E-state index is -0.311. The van der Waals surface area contributed by atoms with Crippen LogP contribution in [0.4, 0.5) is 0 Å². The summed E-state index contributed by atoms with van der Waals surface area (Å²) in [6.45, 7) is 3.78. The van der Waals surface area contributed by atoms with Crippen molar-refractivity contribution in [2.24, 2.45) is 0 Å². The van der Waals surface area contributed by atoms with Gasteiger partial charge in [-0.2, -0.15) is 0 Å². The lowest BCUT2D eigenvalue weighted by molar-refractivity contribution is -0.122. The van der Waals surface area contributed by atoms with Gasteiger partial charge in [0.15, 0.2) is 0 Å². The summed E-state index contributed by atoms with van der Waals surface area (Å²) in [5.74, 6) is 0.913. The quantitative estimate of drug-likeness (QED) is 0.763. The van der Waals surface area contributed by atoms with E-state index in [1.807, 2.05) is 31.2 Å². The molecule has 1 aliphatic heterocycles. The highest BCUT2D eigenvalue weighted by Gasteiger charge is 2.26. The van der Waals surface area contributed by atoms with E-state index >= 15 is 0 Å². The molecule has 1 aliphatic rings. The van der Waals surface area contributed by atoms with Gasteiger partial charge in [0.05, 0.1) is 19.8 Å². The van der Waals surface area contributed by atoms with Crippen LogP contribution in [-0.2, 0) is 11.2 Å². The third kappa shape index (κ3) is 5.52. The predicted octanol–water partition coefficient (Wildman–Crippen LogP) is 1.59. The van der Waals surface area contributed by atoms with Gasteiger partial charge in [0.1, 0.15) is 5.75 Å². The van der Waals surface area contributed by atoms with Crippen molar-refractivity contribution in [3.05, 3.63) is 29.8 Å². The van der Waals surface area contributed by atoms with E-state index in [0.717, 1.165) is 43.5 Å². The average molecular weight is 320 g/mol. The number of hydrogen-bond acceptors (Lipinski definition) is 4. The molecule has 1 saturated heterocycles. The number of para-hydroxylation sites is 1. The van der Waals surface area contributed by atoms with Crippen LogP contribution in [0.1, 0.15) is 31.7 Å². The Balaban J connectivity index is 1.74. The van der Waals surface area contributed by atoms with Gasteiger partial charge >= 0.3 is 0 Å². The van der Waals surface area contributed by atoms with E-state index in [-0.39, 0.29) is 12.0 Å². The molecule has 5 nitrogen and oxygen atoms in total. The summed E-state index contributed by atoms with van der Waals surface area (Å²) in [6, 6.07) is 8.20. The largest absolute Gasteiger partial charge is 0.496 e. The van der Waals surface area contributed by atoms with Gasteiger partial charge in [-0.15, -0.1) is 0 Å². The van der Waals surface area contributed by atoms with E-state index < -0.39 is 0 Å². The summed E-state index contributed by atoms with van der Waals surface area (Å²) in [5.41, 5.74) is 1.10. The Morgan fingerprint density at radius 3 is 3.00 bits per heavy atom. The van der Waals surface area contributed by atoms with Crippen LogP contribution in [-0.4, -0.2) is 54.8 Å². The number of aliphatic hydroxyl groups excluding tert-OH is 1. The van der Waals surface area contributed by atoms with Crippen LogP contribution in [0, 0.1) is 0 Å². The minimum absolute atomic E-state index is 0.0531. The Bertz CT molecular complexity index is 505. The minimum Gasteiger partial charge on any atom is -0.496 e. The summed E-state index contributed by atoms with van der Waals surface area (Å²) in [5, 5.41) is 12.5. The van der Waals surface area contributed by atoms with Crippen molar-refractivity contribution in [1.82, 2.24) is 10.2 Å². The molecule has 0 saturated carbocycles. The molecule has 2 atom stereocenters. The first-order valence-electron chi connectivity index (χ1n) is 8.41. The van der Waals surface area contributed by atoms with Crippen LogP contribution in [0.15, 0.2) is 24.3 Å². The molecule has 23 heavy (non-hydrogen) atoms. The Kier molecular flexibility index (Phi) is 6.86. The average Bonchev–Trinajstić information content (AvgIpc) is 2.94. The monoisotopic (exact) mass is 320 g/mol. The molecular weight excluding hydrogens is 292 g/mol. The summed E-state index contributed by atoms with van der Waals surface area (Å²) >= 11 is 0. The maximum atomic E-state index is 12.1. The number of aliphatic hydroxyl groups is 1. The summed E-state index contributed by atoms with van der Waals surface area (Å²) in [7, 11) is 1.66. The number of carbonyl (C=O) groups is 1. The number of ether oxygens (including phenoxy) is 1. The number of rotatable bonds is 8. The van der Waals surface area contributed by atoms with E-state index in [9.17, 15) is 9.90 Å². The standard InChI is InChI=1S/C18H28N2O3/c1-14(21)12-16-7-5-11-20(16)13-18(22)19-10-9-15-6-3-4-8-17(15)23-2/h3-4,6,8,14,16,21H,5,7,9-13H2,1-2H3,(H,19,22). The molecule has 5 heteroatoms. The molecular formula is C18H28N2O3. The van der Waals surface area contributed by atoms with E-state index in [0.29, 0.717) is 19.1 Å². The second kappa shape index (κ2) is 8.89. The van der Waals surface area contributed by atoms with E-state index in [1.54, 1.807) is 7.11 Å². The normalized spacial score (nSPS) is 19.5. The highest BCUT2D eigenvalue weighted by atomic mass is 16.5. The lowest BCUT2D eigenvalue weighted by atomic mass is 10.1. The maximum absolute atomic E-state index is 12.1. The van der Waals surface area contributed by atoms with Crippen LogP contribution >= 0.6 is 0 Å². The third-order valence-corrected chi connectivity index (χ3v) is 4.37. The number of methoxy groups -OCH3 is 1. The number of hydrogen-bond donors (Lipinski definition) is 2. The van der Waals surface area contributed by atoms with Crippen LogP contribution in [0.2, 0.25) is 0 Å². The van der Waals surface area contributed by atoms with Gasteiger partial charge in [-0.1, -0.05) is 18.2 Å². The first-order chi connectivity index (χ1) is 11.1. The SMILES string of the molecule is COc1ccccc1CCNC(=O)CN1CCCC1CC(C)O. The van der Waals surface area contributed by atoms with Gasteiger partial charge in [-0.05, 0) is 50.8 Å². The van der Waals surface area contributed by atoms with Crippen LogP contribution in [0.5, 0.6) is 5.75 Å². The highest BCUT2D eigenvalue weighted by Crippen LogP contribution is 2.21. The topological polar surface area (TPSA) is 61.8 Å². The van der Waals surface area contributed by atoms with Crippen molar-refractivity contribution in [2.45, 2.75) is 44.8 Å². The molecule has 0 aliphatic carbocycles. The highest BCUT2D eigenvalue weighted by molar-refractivity contribution is 5.78. The van der Waals surface area contributed by atoms with E-state index in [4.69, 9.17) is 4.74 Å². The Hall–Kier alpha value is -1.59.